The molecule has 1 N–H and O–H groups in total. The summed E-state index contributed by atoms with van der Waals surface area (Å²) in [5, 5.41) is 22.7. The predicted octanol–water partition coefficient (Wildman–Crippen LogP) is 3.43. The highest BCUT2D eigenvalue weighted by Gasteiger charge is 2.19. The number of carbonyl (C=O) groups excluding carboxylic acids is 1. The number of nitro benzene ring substituents is 1. The monoisotopic (exact) mass is 369 g/mol. The van der Waals surface area contributed by atoms with Crippen LogP contribution in [0.25, 0.3) is 10.6 Å². The molecule has 0 aliphatic rings. The summed E-state index contributed by atoms with van der Waals surface area (Å²) in [6, 6.07) is 13.6. The lowest BCUT2D eigenvalue weighted by Crippen LogP contribution is -2.18. The topological polar surface area (TPSA) is 101 Å². The highest BCUT2D eigenvalue weighted by Crippen LogP contribution is 2.28. The number of hydrogen-bond acceptors (Lipinski definition) is 7. The summed E-state index contributed by atoms with van der Waals surface area (Å²) in [5.41, 5.74) is 1.51. The first kappa shape index (κ1) is 17.5. The number of rotatable bonds is 5. The van der Waals surface area contributed by atoms with Crippen LogP contribution in [0.4, 0.5) is 16.5 Å². The summed E-state index contributed by atoms with van der Waals surface area (Å²) in [5.74, 6) is -0.479. The van der Waals surface area contributed by atoms with Crippen molar-refractivity contribution in [2.24, 2.45) is 0 Å². The smallest absolute Gasteiger partial charge is 0.270 e. The minimum Gasteiger partial charge on any atom is -0.377 e. The van der Waals surface area contributed by atoms with Gasteiger partial charge in [0.2, 0.25) is 5.13 Å². The third kappa shape index (κ3) is 3.67. The Hall–Kier alpha value is -3.33. The normalized spacial score (nSPS) is 10.4. The average molecular weight is 369 g/mol. The molecule has 0 saturated carbocycles. The quantitative estimate of drug-likeness (QED) is 0.546. The van der Waals surface area contributed by atoms with Crippen molar-refractivity contribution in [3.8, 4) is 10.6 Å². The Morgan fingerprint density at radius 2 is 1.88 bits per heavy atom. The second kappa shape index (κ2) is 7.28. The Bertz CT molecular complexity index is 956. The fraction of sp³-hybridized carbons (Fsp3) is 0.118. The van der Waals surface area contributed by atoms with E-state index >= 15 is 0 Å². The number of carbonyl (C=O) groups is 1. The zero-order chi connectivity index (χ0) is 18.7. The molecule has 1 aromatic heterocycles. The molecule has 3 rings (SSSR count). The second-order valence-corrected chi connectivity index (χ2v) is 6.56. The molecule has 1 heterocycles. The molecule has 0 fully saturated rings. The van der Waals surface area contributed by atoms with Gasteiger partial charge in [0.25, 0.3) is 11.6 Å². The highest BCUT2D eigenvalue weighted by molar-refractivity contribution is 7.18. The van der Waals surface area contributed by atoms with Gasteiger partial charge in [-0.15, -0.1) is 10.2 Å². The van der Waals surface area contributed by atoms with Gasteiger partial charge < -0.3 is 4.90 Å². The molecule has 132 valence electrons. The molecule has 26 heavy (non-hydrogen) atoms. The van der Waals surface area contributed by atoms with Crippen LogP contribution in [0.15, 0.2) is 48.5 Å². The first-order chi connectivity index (χ1) is 12.5. The third-order valence-electron chi connectivity index (χ3n) is 3.58. The number of nitro groups is 1. The number of aromatic nitrogens is 2. The van der Waals surface area contributed by atoms with Gasteiger partial charge >= 0.3 is 0 Å². The molecule has 1 amide bonds. The Labute approximate surface area is 153 Å². The maximum Gasteiger partial charge on any atom is 0.270 e. The highest BCUT2D eigenvalue weighted by atomic mass is 32.1. The zero-order valence-corrected chi connectivity index (χ0v) is 14.9. The molecular formula is C17H15N5O3S. The van der Waals surface area contributed by atoms with Gasteiger partial charge in [-0.2, -0.15) is 0 Å². The van der Waals surface area contributed by atoms with Gasteiger partial charge in [-0.1, -0.05) is 41.7 Å². The molecule has 8 nitrogen and oxygen atoms in total. The minimum absolute atomic E-state index is 0.150. The van der Waals surface area contributed by atoms with Crippen molar-refractivity contribution in [3.05, 3.63) is 64.2 Å². The molecule has 2 aromatic carbocycles. The van der Waals surface area contributed by atoms with E-state index < -0.39 is 10.8 Å². The number of amides is 1. The molecule has 0 aliphatic heterocycles. The lowest BCUT2D eigenvalue weighted by atomic mass is 10.1. The molecule has 3 aromatic rings. The van der Waals surface area contributed by atoms with Crippen molar-refractivity contribution in [1.82, 2.24) is 10.2 Å². The van der Waals surface area contributed by atoms with Crippen LogP contribution < -0.4 is 10.2 Å². The fourth-order valence-electron chi connectivity index (χ4n) is 2.35. The van der Waals surface area contributed by atoms with Crippen LogP contribution in [0.2, 0.25) is 0 Å². The van der Waals surface area contributed by atoms with Crippen LogP contribution >= 0.6 is 11.3 Å². The Kier molecular flexibility index (Phi) is 4.90. The molecule has 0 unspecified atom stereocenters. The first-order valence-electron chi connectivity index (χ1n) is 7.62. The average Bonchev–Trinajstić information content (AvgIpc) is 3.10. The Morgan fingerprint density at radius 1 is 1.15 bits per heavy atom. The number of nitrogens with one attached hydrogen (secondary N) is 1. The van der Waals surface area contributed by atoms with Gasteiger partial charge in [-0.05, 0) is 6.07 Å². The van der Waals surface area contributed by atoms with Crippen LogP contribution in [0.5, 0.6) is 0 Å². The zero-order valence-electron chi connectivity index (χ0n) is 14.0. The van der Waals surface area contributed by atoms with E-state index in [9.17, 15) is 14.9 Å². The first-order valence-corrected chi connectivity index (χ1v) is 8.43. The largest absolute Gasteiger partial charge is 0.377 e. The molecule has 0 spiro atoms. The van der Waals surface area contributed by atoms with Gasteiger partial charge in [0.1, 0.15) is 5.01 Å². The van der Waals surface area contributed by atoms with E-state index in [4.69, 9.17) is 0 Å². The minimum atomic E-state index is -0.533. The molecule has 0 radical (unpaired) electrons. The van der Waals surface area contributed by atoms with Crippen LogP contribution in [0.3, 0.4) is 0 Å². The molecular weight excluding hydrogens is 354 g/mol. The van der Waals surface area contributed by atoms with Gasteiger partial charge in [0, 0.05) is 37.5 Å². The summed E-state index contributed by atoms with van der Waals surface area (Å²) in [6.07, 6.45) is 0. The number of non-ortho nitro benzene ring substituents is 1. The standard InChI is InChI=1S/C17H15N5O3S/c1-21(2)14-9-8-12(22(24)25)10-13(14)15(23)18-17-20-19-16(26-17)11-6-4-3-5-7-11/h3-10H,1-2H3,(H,18,20,23). The van der Waals surface area contributed by atoms with Crippen molar-refractivity contribution in [3.63, 3.8) is 0 Å². The van der Waals surface area contributed by atoms with Gasteiger partial charge in [-0.3, -0.25) is 20.2 Å². The van der Waals surface area contributed by atoms with Crippen molar-refractivity contribution in [1.29, 1.82) is 0 Å². The Balaban J connectivity index is 1.87. The van der Waals surface area contributed by atoms with Crippen molar-refractivity contribution >= 4 is 33.8 Å². The van der Waals surface area contributed by atoms with Crippen molar-refractivity contribution in [2.75, 3.05) is 24.3 Å². The molecule has 0 saturated heterocycles. The van der Waals surface area contributed by atoms with Gasteiger partial charge in [-0.25, -0.2) is 0 Å². The lowest BCUT2D eigenvalue weighted by Gasteiger charge is -2.16. The van der Waals surface area contributed by atoms with Crippen molar-refractivity contribution < 1.29 is 9.72 Å². The van der Waals surface area contributed by atoms with Crippen LogP contribution in [-0.2, 0) is 0 Å². The summed E-state index contributed by atoms with van der Waals surface area (Å²) in [6.45, 7) is 0. The van der Waals surface area contributed by atoms with E-state index in [1.165, 1.54) is 23.5 Å². The lowest BCUT2D eigenvalue weighted by molar-refractivity contribution is -0.384. The maximum absolute atomic E-state index is 12.6. The summed E-state index contributed by atoms with van der Waals surface area (Å²) in [7, 11) is 3.52. The Morgan fingerprint density at radius 3 is 2.54 bits per heavy atom. The predicted molar refractivity (Wildman–Crippen MR) is 101 cm³/mol. The fourth-order valence-corrected chi connectivity index (χ4v) is 3.09. The van der Waals surface area contributed by atoms with Crippen LogP contribution in [0, 0.1) is 10.1 Å². The number of nitrogens with zero attached hydrogens (tertiary/aromatic N) is 4. The third-order valence-corrected chi connectivity index (χ3v) is 4.47. The van der Waals surface area contributed by atoms with Gasteiger partial charge in [0.15, 0.2) is 0 Å². The SMILES string of the molecule is CN(C)c1ccc([N+](=O)[O-])cc1C(=O)Nc1nnc(-c2ccccc2)s1. The summed E-state index contributed by atoms with van der Waals surface area (Å²) < 4.78 is 0. The van der Waals surface area contributed by atoms with Gasteiger partial charge in [0.05, 0.1) is 10.5 Å². The van der Waals surface area contributed by atoms with Crippen LogP contribution in [-0.4, -0.2) is 35.1 Å². The summed E-state index contributed by atoms with van der Waals surface area (Å²) in [4.78, 5) is 24.8. The van der Waals surface area contributed by atoms with E-state index in [1.54, 1.807) is 25.1 Å². The number of benzene rings is 2. The van der Waals surface area contributed by atoms with E-state index in [0.717, 1.165) is 5.56 Å². The van der Waals surface area contributed by atoms with Crippen molar-refractivity contribution in [2.45, 2.75) is 0 Å². The molecule has 0 bridgehead atoms. The van der Waals surface area contributed by atoms with E-state index in [1.807, 2.05) is 30.3 Å². The maximum atomic E-state index is 12.6. The van der Waals surface area contributed by atoms with E-state index in [0.29, 0.717) is 15.8 Å². The second-order valence-electron chi connectivity index (χ2n) is 5.59. The summed E-state index contributed by atoms with van der Waals surface area (Å²) >= 11 is 1.23. The van der Waals surface area contributed by atoms with Crippen LogP contribution in [0.1, 0.15) is 10.4 Å². The molecule has 0 atom stereocenters. The number of anilines is 2. The number of hydrogen-bond donors (Lipinski definition) is 1. The molecule has 9 heteroatoms. The molecule has 0 aliphatic carbocycles. The van der Waals surface area contributed by atoms with E-state index in [2.05, 4.69) is 15.5 Å². The van der Waals surface area contributed by atoms with E-state index in [-0.39, 0.29) is 11.3 Å².